The summed E-state index contributed by atoms with van der Waals surface area (Å²) in [5, 5.41) is 16.2. The molecule has 1 fully saturated rings. The number of benzene rings is 1. The number of aliphatic hydroxyl groups excluding tert-OH is 1. The highest BCUT2D eigenvalue weighted by Gasteiger charge is 2.56. The topological polar surface area (TPSA) is 159 Å². The molecule has 15 heteroatoms. The first-order chi connectivity index (χ1) is 18.1. The van der Waals surface area contributed by atoms with Crippen molar-refractivity contribution in [1.29, 1.82) is 0 Å². The zero-order valence-electron chi connectivity index (χ0n) is 21.3. The van der Waals surface area contributed by atoms with Gasteiger partial charge >= 0.3 is 13.7 Å². The lowest BCUT2D eigenvalue weighted by atomic mass is 9.98. The second-order valence-corrected chi connectivity index (χ2v) is 10.4. The SMILES string of the molecule is CCOC(=O)[C@@H](C)N[P@](=O)(OC[C@H]1O[C@@H](n2cnc3c(NC)ncnc32)[C@](C)(F)[C@@H]1O)Oc1ccccc1. The van der Waals surface area contributed by atoms with Gasteiger partial charge in [-0.15, -0.1) is 0 Å². The van der Waals surface area contributed by atoms with Crippen LogP contribution in [0.2, 0.25) is 0 Å². The number of alkyl halides is 1. The number of carbonyl (C=O) groups excluding carboxylic acids is 1. The zero-order chi connectivity index (χ0) is 27.5. The molecule has 13 nitrogen and oxygen atoms in total. The van der Waals surface area contributed by atoms with Gasteiger partial charge < -0.3 is 24.4 Å². The van der Waals surface area contributed by atoms with E-state index in [0.29, 0.717) is 11.3 Å². The molecule has 38 heavy (non-hydrogen) atoms. The molecule has 6 atom stereocenters. The number of hydrogen-bond donors (Lipinski definition) is 3. The second kappa shape index (κ2) is 11.3. The van der Waals surface area contributed by atoms with Crippen LogP contribution in [0.4, 0.5) is 10.2 Å². The first kappa shape index (κ1) is 27.9. The van der Waals surface area contributed by atoms with Gasteiger partial charge in [-0.1, -0.05) is 18.2 Å². The quantitative estimate of drug-likeness (QED) is 0.236. The Kier molecular flexibility index (Phi) is 8.28. The van der Waals surface area contributed by atoms with Crippen LogP contribution in [0.1, 0.15) is 27.0 Å². The Morgan fingerprint density at radius 2 is 2.05 bits per heavy atom. The molecule has 0 amide bonds. The van der Waals surface area contributed by atoms with Crippen LogP contribution in [-0.2, 0) is 23.4 Å². The number of rotatable bonds is 11. The molecule has 2 aromatic heterocycles. The third kappa shape index (κ3) is 5.64. The van der Waals surface area contributed by atoms with E-state index >= 15 is 4.39 Å². The molecule has 0 radical (unpaired) electrons. The predicted octanol–water partition coefficient (Wildman–Crippen LogP) is 2.60. The summed E-state index contributed by atoms with van der Waals surface area (Å²) in [6, 6.07) is 7.10. The lowest BCUT2D eigenvalue weighted by Crippen LogP contribution is -2.41. The van der Waals surface area contributed by atoms with E-state index in [1.807, 2.05) is 0 Å². The van der Waals surface area contributed by atoms with Crippen LogP contribution < -0.4 is 14.9 Å². The molecule has 0 bridgehead atoms. The minimum atomic E-state index is -4.24. The minimum Gasteiger partial charge on any atom is -0.465 e. The van der Waals surface area contributed by atoms with E-state index in [9.17, 15) is 14.5 Å². The minimum absolute atomic E-state index is 0.123. The Balaban J connectivity index is 1.55. The molecular formula is C23H30FN6O7P. The number of nitrogens with one attached hydrogen (secondary N) is 2. The van der Waals surface area contributed by atoms with Crippen molar-refractivity contribution in [2.45, 2.75) is 50.9 Å². The fourth-order valence-corrected chi connectivity index (χ4v) is 5.50. The van der Waals surface area contributed by atoms with E-state index in [1.54, 1.807) is 44.3 Å². The molecule has 0 saturated carbocycles. The fourth-order valence-electron chi connectivity index (χ4n) is 4.00. The highest BCUT2D eigenvalue weighted by atomic mass is 31.2. The summed E-state index contributed by atoms with van der Waals surface area (Å²) in [6.45, 7) is 3.84. The van der Waals surface area contributed by atoms with E-state index in [4.69, 9.17) is 18.5 Å². The van der Waals surface area contributed by atoms with Crippen LogP contribution >= 0.6 is 7.75 Å². The van der Waals surface area contributed by atoms with Gasteiger partial charge in [0.2, 0.25) is 0 Å². The van der Waals surface area contributed by atoms with Gasteiger partial charge in [0.15, 0.2) is 23.4 Å². The van der Waals surface area contributed by atoms with Crippen LogP contribution in [-0.4, -0.2) is 74.8 Å². The number of ether oxygens (including phenoxy) is 2. The Labute approximate surface area is 218 Å². The van der Waals surface area contributed by atoms with Gasteiger partial charge in [0.05, 0.1) is 19.5 Å². The molecule has 1 aliphatic rings. The number of fused-ring (bicyclic) bond motifs is 1. The van der Waals surface area contributed by atoms with E-state index < -0.39 is 50.5 Å². The van der Waals surface area contributed by atoms with Crippen LogP contribution in [0, 0.1) is 0 Å². The van der Waals surface area contributed by atoms with Crippen molar-refractivity contribution in [3.63, 3.8) is 0 Å². The molecule has 0 aliphatic carbocycles. The molecule has 3 heterocycles. The molecule has 1 aliphatic heterocycles. The number of esters is 1. The third-order valence-electron chi connectivity index (χ3n) is 5.93. The second-order valence-electron chi connectivity index (χ2n) is 8.72. The normalized spacial score (nSPS) is 25.6. The lowest BCUT2D eigenvalue weighted by Gasteiger charge is -2.25. The molecule has 0 unspecified atom stereocenters. The summed E-state index contributed by atoms with van der Waals surface area (Å²) in [4.78, 5) is 24.6. The van der Waals surface area contributed by atoms with Gasteiger partial charge in [-0.2, -0.15) is 5.09 Å². The van der Waals surface area contributed by atoms with Gasteiger partial charge in [-0.25, -0.2) is 23.9 Å². The van der Waals surface area contributed by atoms with Crippen LogP contribution in [0.5, 0.6) is 5.75 Å². The van der Waals surface area contributed by atoms with Crippen LogP contribution in [0.25, 0.3) is 11.2 Å². The average molecular weight is 553 g/mol. The number of nitrogens with zero attached hydrogens (tertiary/aromatic N) is 4. The van der Waals surface area contributed by atoms with Crippen LogP contribution in [0.15, 0.2) is 43.0 Å². The fraction of sp³-hybridized carbons (Fsp3) is 0.478. The summed E-state index contributed by atoms with van der Waals surface area (Å²) >= 11 is 0. The van der Waals surface area contributed by atoms with Crippen molar-refractivity contribution in [3.8, 4) is 5.75 Å². The van der Waals surface area contributed by atoms with Crippen LogP contribution in [0.3, 0.4) is 0 Å². The highest BCUT2D eigenvalue weighted by Crippen LogP contribution is 2.48. The number of para-hydroxylation sites is 1. The van der Waals surface area contributed by atoms with E-state index in [2.05, 4.69) is 25.4 Å². The molecular weight excluding hydrogens is 522 g/mol. The number of aromatic nitrogens is 4. The Hall–Kier alpha value is -3.16. The number of anilines is 1. The summed E-state index contributed by atoms with van der Waals surface area (Å²) < 4.78 is 52.8. The number of halogens is 1. The molecule has 0 spiro atoms. The summed E-state index contributed by atoms with van der Waals surface area (Å²) in [5.41, 5.74) is -1.63. The van der Waals surface area contributed by atoms with Gasteiger partial charge in [0.1, 0.15) is 35.8 Å². The van der Waals surface area contributed by atoms with Crippen molar-refractivity contribution < 1.29 is 37.4 Å². The molecule has 1 saturated heterocycles. The average Bonchev–Trinajstić information content (AvgIpc) is 3.41. The lowest BCUT2D eigenvalue weighted by molar-refractivity contribution is -0.144. The summed E-state index contributed by atoms with van der Waals surface area (Å²) in [6.07, 6.45) is -1.64. The number of hydrogen-bond acceptors (Lipinski definition) is 11. The van der Waals surface area contributed by atoms with E-state index in [0.717, 1.165) is 0 Å². The van der Waals surface area contributed by atoms with Crippen molar-refractivity contribution in [1.82, 2.24) is 24.6 Å². The first-order valence-corrected chi connectivity index (χ1v) is 13.4. The number of imidazole rings is 1. The first-order valence-electron chi connectivity index (χ1n) is 11.9. The Morgan fingerprint density at radius 3 is 2.74 bits per heavy atom. The Morgan fingerprint density at radius 1 is 1.32 bits per heavy atom. The largest absolute Gasteiger partial charge is 0.465 e. The number of aliphatic hydroxyl groups is 1. The van der Waals surface area contributed by atoms with E-state index in [-0.39, 0.29) is 18.0 Å². The Bertz CT molecular complexity index is 1310. The molecule has 4 rings (SSSR count). The van der Waals surface area contributed by atoms with Gasteiger partial charge in [-0.3, -0.25) is 13.9 Å². The van der Waals surface area contributed by atoms with Gasteiger partial charge in [-0.05, 0) is 32.9 Å². The molecule has 1 aromatic carbocycles. The maximum absolute atomic E-state index is 15.8. The predicted molar refractivity (Wildman–Crippen MR) is 134 cm³/mol. The maximum Gasteiger partial charge on any atom is 0.459 e. The molecule has 3 aromatic rings. The summed E-state index contributed by atoms with van der Waals surface area (Å²) in [5.74, 6) is -0.0321. The van der Waals surface area contributed by atoms with Crippen molar-refractivity contribution in [2.24, 2.45) is 0 Å². The van der Waals surface area contributed by atoms with E-state index in [1.165, 1.54) is 31.1 Å². The molecule has 3 N–H and O–H groups in total. The summed E-state index contributed by atoms with van der Waals surface area (Å²) in [7, 11) is -2.58. The smallest absolute Gasteiger partial charge is 0.459 e. The molecule has 206 valence electrons. The van der Waals surface area contributed by atoms with Crippen molar-refractivity contribution in [2.75, 3.05) is 25.6 Å². The highest BCUT2D eigenvalue weighted by molar-refractivity contribution is 7.52. The monoisotopic (exact) mass is 552 g/mol. The standard InChI is InChI=1S/C23H30FN6O7P/c1-5-34-21(32)14(2)29-38(33,37-15-9-7-6-8-10-15)35-11-16-18(31)23(3,24)22(36-16)30-13-28-17-19(25-4)26-12-27-20(17)30/h6-10,12-14,16,18,22,31H,5,11H2,1-4H3,(H,29,33)(H,25,26,27)/t14-,16-,18-,22-,23-,38+/m1/s1. The zero-order valence-corrected chi connectivity index (χ0v) is 22.2. The third-order valence-corrected chi connectivity index (χ3v) is 7.58. The van der Waals surface area contributed by atoms with Crippen molar-refractivity contribution in [3.05, 3.63) is 43.0 Å². The maximum atomic E-state index is 15.8. The number of carbonyl (C=O) groups is 1. The van der Waals surface area contributed by atoms with Gasteiger partial charge in [0, 0.05) is 7.05 Å². The van der Waals surface area contributed by atoms with Gasteiger partial charge in [0.25, 0.3) is 0 Å². The van der Waals surface area contributed by atoms with Crippen molar-refractivity contribution >= 4 is 30.7 Å².